The number of rotatable bonds is 11. The third-order valence-electron chi connectivity index (χ3n) is 5.91. The number of sulfonamides is 1. The Morgan fingerprint density at radius 2 is 1.60 bits per heavy atom. The van der Waals surface area contributed by atoms with Gasteiger partial charge in [-0.25, -0.2) is 8.42 Å². The van der Waals surface area contributed by atoms with E-state index in [-0.39, 0.29) is 33.9 Å². The maximum atomic E-state index is 13.9. The molecule has 0 saturated carbocycles. The van der Waals surface area contributed by atoms with Crippen molar-refractivity contribution in [1.82, 2.24) is 10.2 Å². The maximum Gasteiger partial charge on any atom is 0.269 e. The molecule has 0 bridgehead atoms. The second-order valence-corrected chi connectivity index (χ2v) is 11.9. The molecule has 3 aromatic carbocycles. The Morgan fingerprint density at radius 1 is 0.975 bits per heavy atom. The summed E-state index contributed by atoms with van der Waals surface area (Å²) in [6, 6.07) is 15.8. The van der Waals surface area contributed by atoms with Gasteiger partial charge in [0.05, 0.1) is 15.5 Å². The van der Waals surface area contributed by atoms with E-state index in [2.05, 4.69) is 5.32 Å². The first-order valence-electron chi connectivity index (χ1n) is 12.2. The fourth-order valence-electron chi connectivity index (χ4n) is 3.81. The summed E-state index contributed by atoms with van der Waals surface area (Å²) in [6.07, 6.45) is 0. The van der Waals surface area contributed by atoms with E-state index < -0.39 is 39.3 Å². The summed E-state index contributed by atoms with van der Waals surface area (Å²) < 4.78 is 28.3. The lowest BCUT2D eigenvalue weighted by atomic mass is 10.1. The Morgan fingerprint density at radius 3 is 2.15 bits per heavy atom. The van der Waals surface area contributed by atoms with Gasteiger partial charge in [0.15, 0.2) is 0 Å². The predicted octanol–water partition coefficient (Wildman–Crippen LogP) is 5.04. The van der Waals surface area contributed by atoms with Crippen LogP contribution in [0.5, 0.6) is 0 Å². The standard InChI is InChI=1S/C27H28Cl2N4O6S/c1-18(2)30-27(35)19(3)31(16-20-9-10-21(28)15-25(20)29)26(34)17-32(22-11-13-23(14-12-22)33(36)37)40(38,39)24-7-5-4-6-8-24/h4-15,18-19H,16-17H2,1-3H3,(H,30,35)/t19-/m1/s1. The number of nitrogens with zero attached hydrogens (tertiary/aromatic N) is 3. The molecule has 10 nitrogen and oxygen atoms in total. The lowest BCUT2D eigenvalue weighted by Crippen LogP contribution is -2.52. The fourth-order valence-corrected chi connectivity index (χ4v) is 5.71. The molecule has 40 heavy (non-hydrogen) atoms. The van der Waals surface area contributed by atoms with Crippen LogP contribution in [0.25, 0.3) is 0 Å². The van der Waals surface area contributed by atoms with E-state index in [4.69, 9.17) is 23.2 Å². The quantitative estimate of drug-likeness (QED) is 0.240. The molecule has 2 amide bonds. The Balaban J connectivity index is 2.06. The number of anilines is 1. The van der Waals surface area contributed by atoms with Crippen LogP contribution in [0.1, 0.15) is 26.3 Å². The highest BCUT2D eigenvalue weighted by atomic mass is 35.5. The van der Waals surface area contributed by atoms with Gasteiger partial charge in [-0.05, 0) is 62.7 Å². The molecule has 3 aromatic rings. The molecule has 0 aliphatic rings. The smallest absolute Gasteiger partial charge is 0.269 e. The van der Waals surface area contributed by atoms with Gasteiger partial charge in [0.1, 0.15) is 12.6 Å². The van der Waals surface area contributed by atoms with Gasteiger partial charge in [0.2, 0.25) is 11.8 Å². The summed E-state index contributed by atoms with van der Waals surface area (Å²) in [5, 5.41) is 14.6. The second-order valence-electron chi connectivity index (χ2n) is 9.19. The molecule has 0 unspecified atom stereocenters. The lowest BCUT2D eigenvalue weighted by molar-refractivity contribution is -0.384. The number of carbonyl (C=O) groups is 2. The van der Waals surface area contributed by atoms with Crippen molar-refractivity contribution in [3.8, 4) is 0 Å². The fraction of sp³-hybridized carbons (Fsp3) is 0.259. The van der Waals surface area contributed by atoms with E-state index in [1.165, 1.54) is 54.3 Å². The second kappa shape index (κ2) is 13.1. The first kappa shape index (κ1) is 30.9. The summed E-state index contributed by atoms with van der Waals surface area (Å²) in [5.74, 6) is -1.14. The number of non-ortho nitro benzene ring substituents is 1. The number of nitro groups is 1. The molecular formula is C27H28Cl2N4O6S. The molecule has 0 fully saturated rings. The van der Waals surface area contributed by atoms with E-state index in [9.17, 15) is 28.1 Å². The normalized spacial score (nSPS) is 12.1. The van der Waals surface area contributed by atoms with Gasteiger partial charge in [-0.3, -0.25) is 24.0 Å². The maximum absolute atomic E-state index is 13.9. The third-order valence-corrected chi connectivity index (χ3v) is 8.29. The van der Waals surface area contributed by atoms with Gasteiger partial charge in [0, 0.05) is 34.8 Å². The minimum Gasteiger partial charge on any atom is -0.352 e. The first-order valence-corrected chi connectivity index (χ1v) is 14.4. The summed E-state index contributed by atoms with van der Waals surface area (Å²) in [7, 11) is -4.30. The number of hydrogen-bond acceptors (Lipinski definition) is 6. The number of nitrogens with one attached hydrogen (secondary N) is 1. The van der Waals surface area contributed by atoms with Gasteiger partial charge in [0.25, 0.3) is 15.7 Å². The van der Waals surface area contributed by atoms with Gasteiger partial charge in [-0.1, -0.05) is 47.5 Å². The largest absolute Gasteiger partial charge is 0.352 e. The van der Waals surface area contributed by atoms with Crippen molar-refractivity contribution in [2.24, 2.45) is 0 Å². The summed E-state index contributed by atoms with van der Waals surface area (Å²) >= 11 is 12.4. The summed E-state index contributed by atoms with van der Waals surface area (Å²) in [6.45, 7) is 4.27. The SMILES string of the molecule is CC(C)NC(=O)[C@@H](C)N(Cc1ccc(Cl)cc1Cl)C(=O)CN(c1ccc([N+](=O)[O-])cc1)S(=O)(=O)c1ccccc1. The van der Waals surface area contributed by atoms with Crippen LogP contribution in [0.2, 0.25) is 10.0 Å². The minimum atomic E-state index is -4.30. The summed E-state index contributed by atoms with van der Waals surface area (Å²) in [4.78, 5) is 38.5. The van der Waals surface area contributed by atoms with Crippen LogP contribution in [0.3, 0.4) is 0 Å². The minimum absolute atomic E-state index is 0.0339. The van der Waals surface area contributed by atoms with Crippen molar-refractivity contribution in [2.75, 3.05) is 10.8 Å². The number of halogens is 2. The van der Waals surface area contributed by atoms with Crippen molar-refractivity contribution < 1.29 is 22.9 Å². The van der Waals surface area contributed by atoms with Gasteiger partial charge >= 0.3 is 0 Å². The summed E-state index contributed by atoms with van der Waals surface area (Å²) in [5.41, 5.74) is 0.285. The highest BCUT2D eigenvalue weighted by Gasteiger charge is 2.33. The Hall–Kier alpha value is -3.67. The molecule has 212 valence electrons. The predicted molar refractivity (Wildman–Crippen MR) is 154 cm³/mol. The molecule has 3 rings (SSSR count). The molecule has 1 atom stereocenters. The first-order chi connectivity index (χ1) is 18.8. The Labute approximate surface area is 242 Å². The van der Waals surface area contributed by atoms with Gasteiger partial charge < -0.3 is 10.2 Å². The molecule has 0 heterocycles. The zero-order valence-electron chi connectivity index (χ0n) is 22.0. The van der Waals surface area contributed by atoms with Crippen LogP contribution in [-0.4, -0.2) is 48.7 Å². The molecule has 0 aliphatic carbocycles. The van der Waals surface area contributed by atoms with Crippen LogP contribution in [-0.2, 0) is 26.2 Å². The van der Waals surface area contributed by atoms with E-state index in [0.717, 1.165) is 16.4 Å². The van der Waals surface area contributed by atoms with Crippen molar-refractivity contribution in [2.45, 2.75) is 44.3 Å². The Kier molecular flexibility index (Phi) is 10.1. The number of nitro benzene ring substituents is 1. The van der Waals surface area contributed by atoms with Crippen LogP contribution in [0, 0.1) is 10.1 Å². The number of benzene rings is 3. The average Bonchev–Trinajstić information content (AvgIpc) is 2.91. The monoisotopic (exact) mass is 606 g/mol. The Bertz CT molecular complexity index is 1480. The molecule has 0 radical (unpaired) electrons. The van der Waals surface area contributed by atoms with E-state index >= 15 is 0 Å². The highest BCUT2D eigenvalue weighted by molar-refractivity contribution is 7.92. The van der Waals surface area contributed by atoms with Crippen molar-refractivity contribution in [1.29, 1.82) is 0 Å². The molecule has 0 spiro atoms. The zero-order chi connectivity index (χ0) is 29.6. The molecule has 1 N–H and O–H groups in total. The molecule has 0 aliphatic heterocycles. The lowest BCUT2D eigenvalue weighted by Gasteiger charge is -2.32. The van der Waals surface area contributed by atoms with Crippen molar-refractivity contribution in [3.63, 3.8) is 0 Å². The van der Waals surface area contributed by atoms with Crippen LogP contribution < -0.4 is 9.62 Å². The van der Waals surface area contributed by atoms with Crippen LogP contribution in [0.15, 0.2) is 77.7 Å². The third kappa shape index (κ3) is 7.50. The van der Waals surface area contributed by atoms with Crippen molar-refractivity contribution >= 4 is 56.4 Å². The molecule has 0 aromatic heterocycles. The zero-order valence-corrected chi connectivity index (χ0v) is 24.3. The highest BCUT2D eigenvalue weighted by Crippen LogP contribution is 2.27. The van der Waals surface area contributed by atoms with E-state index in [1.807, 2.05) is 0 Å². The van der Waals surface area contributed by atoms with Gasteiger partial charge in [-0.15, -0.1) is 0 Å². The van der Waals surface area contributed by atoms with Crippen molar-refractivity contribution in [3.05, 3.63) is 98.5 Å². The number of amides is 2. The number of carbonyl (C=O) groups excluding carboxylic acids is 2. The van der Waals surface area contributed by atoms with E-state index in [1.54, 1.807) is 32.0 Å². The van der Waals surface area contributed by atoms with Gasteiger partial charge in [-0.2, -0.15) is 0 Å². The average molecular weight is 608 g/mol. The number of hydrogen-bond donors (Lipinski definition) is 1. The van der Waals surface area contributed by atoms with Crippen LogP contribution in [0.4, 0.5) is 11.4 Å². The molecule has 13 heteroatoms. The topological polar surface area (TPSA) is 130 Å². The van der Waals surface area contributed by atoms with E-state index in [0.29, 0.717) is 10.6 Å². The molecular weight excluding hydrogens is 579 g/mol. The molecule has 0 saturated heterocycles. The van der Waals surface area contributed by atoms with Crippen LogP contribution >= 0.6 is 23.2 Å².